The molecule has 1 rings (SSSR count). The van der Waals surface area contributed by atoms with Gasteiger partial charge in [0.05, 0.1) is 10.8 Å². The van der Waals surface area contributed by atoms with Crippen LogP contribution in [0.5, 0.6) is 0 Å². The number of benzene rings is 1. The second-order valence-electron chi connectivity index (χ2n) is 6.51. The molecule has 6 heteroatoms. The smallest absolute Gasteiger partial charge is 0.242 e. The zero-order chi connectivity index (χ0) is 17.9. The first-order valence-electron chi connectivity index (χ1n) is 7.84. The van der Waals surface area contributed by atoms with Crippen molar-refractivity contribution in [2.45, 2.75) is 57.5 Å². The van der Waals surface area contributed by atoms with Crippen LogP contribution in [0.4, 0.5) is 0 Å². The maximum atomic E-state index is 12.7. The molecule has 0 saturated carbocycles. The molecule has 0 fully saturated rings. The van der Waals surface area contributed by atoms with Gasteiger partial charge in [0.15, 0.2) is 0 Å². The lowest BCUT2D eigenvalue weighted by molar-refractivity contribution is -0.136. The van der Waals surface area contributed by atoms with Crippen LogP contribution in [0.2, 0.25) is 0 Å². The van der Waals surface area contributed by atoms with Crippen LogP contribution in [-0.2, 0) is 14.8 Å². The molecule has 0 radical (unpaired) electrons. The highest BCUT2D eigenvalue weighted by Crippen LogP contribution is 2.23. The Morgan fingerprint density at radius 2 is 1.35 bits per heavy atom. The van der Waals surface area contributed by atoms with E-state index in [1.807, 2.05) is 39.5 Å². The quantitative estimate of drug-likeness (QED) is 0.800. The first kappa shape index (κ1) is 19.6. The molecule has 130 valence electrons. The van der Waals surface area contributed by atoms with Gasteiger partial charge in [-0.2, -0.15) is 0 Å². The van der Waals surface area contributed by atoms with Gasteiger partial charge in [0.25, 0.3) is 0 Å². The van der Waals surface area contributed by atoms with Crippen LogP contribution in [0.15, 0.2) is 29.2 Å². The minimum Gasteiger partial charge on any atom is -0.337 e. The number of carbonyl (C=O) groups is 1. The molecule has 0 aromatic heterocycles. The third-order valence-corrected chi connectivity index (χ3v) is 5.73. The second-order valence-corrected chi connectivity index (χ2v) is 8.66. The fourth-order valence-corrected chi connectivity index (χ4v) is 3.51. The van der Waals surface area contributed by atoms with Crippen LogP contribution in [0.25, 0.3) is 0 Å². The Hall–Kier alpha value is -1.40. The van der Waals surface area contributed by atoms with Gasteiger partial charge in [0.2, 0.25) is 15.9 Å². The van der Waals surface area contributed by atoms with Crippen LogP contribution in [0.1, 0.15) is 46.1 Å². The van der Waals surface area contributed by atoms with Crippen molar-refractivity contribution in [3.63, 3.8) is 0 Å². The predicted octanol–water partition coefficient (Wildman–Crippen LogP) is 2.69. The fraction of sp³-hybridized carbons (Fsp3) is 0.588. The lowest BCUT2D eigenvalue weighted by Gasteiger charge is -2.33. The average molecular weight is 340 g/mol. The monoisotopic (exact) mass is 340 g/mol. The minimum atomic E-state index is -3.44. The number of hydrogen-bond donors (Lipinski definition) is 0. The first-order valence-corrected chi connectivity index (χ1v) is 9.28. The molecule has 0 N–H and O–H groups in total. The Kier molecular flexibility index (Phi) is 6.36. The average Bonchev–Trinajstić information content (AvgIpc) is 2.45. The minimum absolute atomic E-state index is 0.0539. The van der Waals surface area contributed by atoms with Crippen molar-refractivity contribution in [1.82, 2.24) is 9.21 Å². The standard InChI is InChI=1S/C17H28N2O3S/c1-12(2)19(13(3)4)17(20)14(5)15-8-10-16(11-9-15)23(21,22)18(6)7/h8-14H,1-7H3. The van der Waals surface area contributed by atoms with Crippen molar-refractivity contribution < 1.29 is 13.2 Å². The number of hydrogen-bond acceptors (Lipinski definition) is 3. The summed E-state index contributed by atoms with van der Waals surface area (Å²) < 4.78 is 25.3. The molecule has 0 bridgehead atoms. The molecule has 23 heavy (non-hydrogen) atoms. The number of nitrogens with zero attached hydrogens (tertiary/aromatic N) is 2. The van der Waals surface area contributed by atoms with Crippen molar-refractivity contribution >= 4 is 15.9 Å². The van der Waals surface area contributed by atoms with E-state index in [4.69, 9.17) is 0 Å². The van der Waals surface area contributed by atoms with Crippen molar-refractivity contribution in [3.8, 4) is 0 Å². The largest absolute Gasteiger partial charge is 0.337 e. The van der Waals surface area contributed by atoms with Gasteiger partial charge in [-0.15, -0.1) is 0 Å². The SMILES string of the molecule is CC(C(=O)N(C(C)C)C(C)C)c1ccc(S(=O)(=O)N(C)C)cc1. The summed E-state index contributed by atoms with van der Waals surface area (Å²) in [5, 5.41) is 0. The Bertz CT molecular complexity index is 626. The van der Waals surface area contributed by atoms with E-state index in [1.165, 1.54) is 18.4 Å². The normalized spacial score (nSPS) is 13.7. The molecule has 0 aliphatic rings. The van der Waals surface area contributed by atoms with Crippen LogP contribution in [0.3, 0.4) is 0 Å². The lowest BCUT2D eigenvalue weighted by atomic mass is 9.98. The van der Waals surface area contributed by atoms with Crippen LogP contribution in [-0.4, -0.2) is 49.7 Å². The second kappa shape index (κ2) is 7.45. The molecule has 0 spiro atoms. The van der Waals surface area contributed by atoms with Crippen LogP contribution in [0, 0.1) is 0 Å². The number of carbonyl (C=O) groups excluding carboxylic acids is 1. The van der Waals surface area contributed by atoms with E-state index in [2.05, 4.69) is 0 Å². The number of rotatable bonds is 6. The van der Waals surface area contributed by atoms with Gasteiger partial charge in [-0.25, -0.2) is 12.7 Å². The Morgan fingerprint density at radius 1 is 0.913 bits per heavy atom. The van der Waals surface area contributed by atoms with Crippen molar-refractivity contribution in [3.05, 3.63) is 29.8 Å². The summed E-state index contributed by atoms with van der Waals surface area (Å²) >= 11 is 0. The van der Waals surface area contributed by atoms with E-state index >= 15 is 0 Å². The molecule has 1 unspecified atom stereocenters. The topological polar surface area (TPSA) is 57.7 Å². The molecule has 0 saturated heterocycles. The molecule has 0 heterocycles. The molecule has 5 nitrogen and oxygen atoms in total. The van der Waals surface area contributed by atoms with Crippen molar-refractivity contribution in [2.24, 2.45) is 0 Å². The molecular formula is C17H28N2O3S. The summed E-state index contributed by atoms with van der Waals surface area (Å²) in [6.45, 7) is 9.85. The zero-order valence-corrected chi connectivity index (χ0v) is 15.9. The van der Waals surface area contributed by atoms with E-state index < -0.39 is 10.0 Å². The van der Waals surface area contributed by atoms with Gasteiger partial charge in [-0.1, -0.05) is 12.1 Å². The van der Waals surface area contributed by atoms with Crippen molar-refractivity contribution in [2.75, 3.05) is 14.1 Å². The highest BCUT2D eigenvalue weighted by atomic mass is 32.2. The Balaban J connectivity index is 3.06. The van der Waals surface area contributed by atoms with E-state index in [1.54, 1.807) is 24.3 Å². The first-order chi connectivity index (χ1) is 10.5. The molecule has 0 aliphatic carbocycles. The third kappa shape index (κ3) is 4.32. The summed E-state index contributed by atoms with van der Waals surface area (Å²) in [7, 11) is -0.448. The fourth-order valence-electron chi connectivity index (χ4n) is 2.61. The third-order valence-electron chi connectivity index (χ3n) is 3.90. The summed E-state index contributed by atoms with van der Waals surface area (Å²) in [5.41, 5.74) is 0.819. The molecule has 1 atom stereocenters. The van der Waals surface area contributed by atoms with Crippen molar-refractivity contribution in [1.29, 1.82) is 0 Å². The lowest BCUT2D eigenvalue weighted by Crippen LogP contribution is -2.44. The molecule has 1 amide bonds. The molecule has 1 aromatic rings. The van der Waals surface area contributed by atoms with E-state index in [9.17, 15) is 13.2 Å². The summed E-state index contributed by atoms with van der Waals surface area (Å²) in [6, 6.07) is 6.81. The Morgan fingerprint density at radius 3 is 1.70 bits per heavy atom. The Labute approximate surface area is 140 Å². The van der Waals surface area contributed by atoms with Gasteiger partial charge in [-0.3, -0.25) is 4.79 Å². The number of amides is 1. The highest BCUT2D eigenvalue weighted by molar-refractivity contribution is 7.89. The van der Waals surface area contributed by atoms with Crippen LogP contribution < -0.4 is 0 Å². The van der Waals surface area contributed by atoms with Gasteiger partial charge in [-0.05, 0) is 52.3 Å². The number of sulfonamides is 1. The summed E-state index contributed by atoms with van der Waals surface area (Å²) in [6.07, 6.45) is 0. The summed E-state index contributed by atoms with van der Waals surface area (Å²) in [4.78, 5) is 14.8. The zero-order valence-electron chi connectivity index (χ0n) is 15.1. The predicted molar refractivity (Wildman–Crippen MR) is 92.8 cm³/mol. The van der Waals surface area contributed by atoms with E-state index in [0.29, 0.717) is 0 Å². The summed E-state index contributed by atoms with van der Waals surface area (Å²) in [5.74, 6) is -0.255. The molecular weight excluding hydrogens is 312 g/mol. The van der Waals surface area contributed by atoms with Gasteiger partial charge >= 0.3 is 0 Å². The van der Waals surface area contributed by atoms with Gasteiger partial charge in [0.1, 0.15) is 0 Å². The maximum absolute atomic E-state index is 12.7. The highest BCUT2D eigenvalue weighted by Gasteiger charge is 2.26. The van der Waals surface area contributed by atoms with Crippen LogP contribution >= 0.6 is 0 Å². The maximum Gasteiger partial charge on any atom is 0.242 e. The van der Waals surface area contributed by atoms with Gasteiger partial charge in [0, 0.05) is 26.2 Å². The van der Waals surface area contributed by atoms with E-state index in [-0.39, 0.29) is 28.8 Å². The van der Waals surface area contributed by atoms with E-state index in [0.717, 1.165) is 5.56 Å². The van der Waals surface area contributed by atoms with Gasteiger partial charge < -0.3 is 4.90 Å². The molecule has 0 aliphatic heterocycles. The molecule has 1 aromatic carbocycles.